The number of halogens is 3. The molecule has 3 heterocycles. The SMILES string of the molecule is C=CC(=C(C=C)C(F)(F)F)c1cc(N2CCOCC2)nc(N2CCOCC2)n1. The molecule has 0 spiro atoms. The monoisotopic (exact) mass is 396 g/mol. The van der Waals surface area contributed by atoms with E-state index < -0.39 is 11.7 Å². The summed E-state index contributed by atoms with van der Waals surface area (Å²) in [6.07, 6.45) is -2.60. The van der Waals surface area contributed by atoms with Crippen LogP contribution in [0.3, 0.4) is 0 Å². The zero-order valence-electron chi connectivity index (χ0n) is 15.5. The van der Waals surface area contributed by atoms with E-state index in [1.165, 1.54) is 6.08 Å². The van der Waals surface area contributed by atoms with Crippen LogP contribution in [0.2, 0.25) is 0 Å². The van der Waals surface area contributed by atoms with Gasteiger partial charge in [0.2, 0.25) is 5.95 Å². The zero-order valence-corrected chi connectivity index (χ0v) is 15.5. The quantitative estimate of drug-likeness (QED) is 0.714. The molecule has 0 unspecified atom stereocenters. The fourth-order valence-electron chi connectivity index (χ4n) is 3.15. The molecule has 152 valence electrons. The molecular weight excluding hydrogens is 373 g/mol. The second kappa shape index (κ2) is 8.74. The van der Waals surface area contributed by atoms with Gasteiger partial charge in [0.15, 0.2) is 0 Å². The third-order valence-electron chi connectivity index (χ3n) is 4.61. The summed E-state index contributed by atoms with van der Waals surface area (Å²) in [7, 11) is 0. The highest BCUT2D eigenvalue weighted by Crippen LogP contribution is 2.34. The maximum atomic E-state index is 13.5. The van der Waals surface area contributed by atoms with E-state index in [1.807, 2.05) is 9.80 Å². The molecule has 0 bridgehead atoms. The van der Waals surface area contributed by atoms with Gasteiger partial charge >= 0.3 is 6.18 Å². The van der Waals surface area contributed by atoms with Crippen molar-refractivity contribution in [1.29, 1.82) is 0 Å². The van der Waals surface area contributed by atoms with E-state index >= 15 is 0 Å². The van der Waals surface area contributed by atoms with Gasteiger partial charge < -0.3 is 19.3 Å². The number of anilines is 2. The second-order valence-electron chi connectivity index (χ2n) is 6.34. The van der Waals surface area contributed by atoms with Crippen molar-refractivity contribution < 1.29 is 22.6 Å². The predicted octanol–water partition coefficient (Wildman–Crippen LogP) is 2.84. The summed E-state index contributed by atoms with van der Waals surface area (Å²) in [4.78, 5) is 12.9. The maximum Gasteiger partial charge on any atom is 0.417 e. The van der Waals surface area contributed by atoms with Crippen LogP contribution in [0.15, 0.2) is 36.9 Å². The average Bonchev–Trinajstić information content (AvgIpc) is 2.72. The Morgan fingerprint density at radius 2 is 1.50 bits per heavy atom. The number of hydrogen-bond donors (Lipinski definition) is 0. The van der Waals surface area contributed by atoms with Crippen LogP contribution in [0.1, 0.15) is 5.69 Å². The Morgan fingerprint density at radius 1 is 0.929 bits per heavy atom. The average molecular weight is 396 g/mol. The van der Waals surface area contributed by atoms with Crippen molar-refractivity contribution in [2.45, 2.75) is 6.18 Å². The third kappa shape index (κ3) is 4.53. The molecule has 3 rings (SSSR count). The van der Waals surface area contributed by atoms with Crippen LogP contribution in [0.25, 0.3) is 5.57 Å². The smallest absolute Gasteiger partial charge is 0.378 e. The molecule has 28 heavy (non-hydrogen) atoms. The minimum atomic E-state index is -4.56. The molecule has 1 aromatic rings. The van der Waals surface area contributed by atoms with Crippen molar-refractivity contribution in [3.05, 3.63) is 42.6 Å². The van der Waals surface area contributed by atoms with Crippen molar-refractivity contribution in [3.8, 4) is 0 Å². The van der Waals surface area contributed by atoms with Gasteiger partial charge in [0, 0.05) is 37.8 Å². The van der Waals surface area contributed by atoms with Gasteiger partial charge in [-0.2, -0.15) is 18.2 Å². The van der Waals surface area contributed by atoms with E-state index in [9.17, 15) is 13.2 Å². The van der Waals surface area contributed by atoms with Crippen LogP contribution in [0, 0.1) is 0 Å². The van der Waals surface area contributed by atoms with Gasteiger partial charge in [-0.3, -0.25) is 0 Å². The fourth-order valence-corrected chi connectivity index (χ4v) is 3.15. The molecule has 1 aromatic heterocycles. The molecule has 0 saturated carbocycles. The Labute approximate surface area is 162 Å². The Kier molecular flexibility index (Phi) is 6.35. The first-order chi connectivity index (χ1) is 13.4. The number of rotatable bonds is 5. The van der Waals surface area contributed by atoms with Gasteiger partial charge in [0.05, 0.1) is 37.7 Å². The minimum absolute atomic E-state index is 0.117. The van der Waals surface area contributed by atoms with E-state index in [0.29, 0.717) is 64.4 Å². The molecule has 2 fully saturated rings. The van der Waals surface area contributed by atoms with Crippen molar-refractivity contribution >= 4 is 17.3 Å². The molecule has 2 aliphatic rings. The van der Waals surface area contributed by atoms with Crippen molar-refractivity contribution in [1.82, 2.24) is 9.97 Å². The second-order valence-corrected chi connectivity index (χ2v) is 6.34. The lowest BCUT2D eigenvalue weighted by Crippen LogP contribution is -2.39. The number of hydrogen-bond acceptors (Lipinski definition) is 6. The van der Waals surface area contributed by atoms with Crippen LogP contribution in [0.5, 0.6) is 0 Å². The van der Waals surface area contributed by atoms with Crippen LogP contribution in [-0.2, 0) is 9.47 Å². The summed E-state index contributed by atoms with van der Waals surface area (Å²) >= 11 is 0. The lowest BCUT2D eigenvalue weighted by Gasteiger charge is -2.31. The molecule has 0 amide bonds. The van der Waals surface area contributed by atoms with Gasteiger partial charge in [-0.1, -0.05) is 25.3 Å². The van der Waals surface area contributed by atoms with Crippen LogP contribution in [0.4, 0.5) is 24.9 Å². The largest absolute Gasteiger partial charge is 0.417 e. The summed E-state index contributed by atoms with van der Waals surface area (Å²) in [6, 6.07) is 1.57. The Morgan fingerprint density at radius 3 is 2.00 bits per heavy atom. The highest BCUT2D eigenvalue weighted by molar-refractivity contribution is 5.78. The number of alkyl halides is 3. The molecule has 0 aromatic carbocycles. The summed E-state index contributed by atoms with van der Waals surface area (Å²) < 4.78 is 51.2. The normalized spacial score (nSPS) is 19.2. The molecule has 2 aliphatic heterocycles. The molecule has 0 aliphatic carbocycles. The zero-order chi connectivity index (χ0) is 20.1. The maximum absolute atomic E-state index is 13.5. The standard InChI is InChI=1S/C19H23F3N4O2/c1-3-14(15(4-2)19(20,21)22)16-13-17(25-5-9-27-10-6-25)24-18(23-16)26-7-11-28-12-8-26/h3-4,13H,1-2,5-12H2. The first kappa shape index (κ1) is 20.3. The van der Waals surface area contributed by atoms with E-state index in [-0.39, 0.29) is 11.3 Å². The van der Waals surface area contributed by atoms with Crippen molar-refractivity contribution in [2.75, 3.05) is 62.4 Å². The van der Waals surface area contributed by atoms with E-state index in [2.05, 4.69) is 23.1 Å². The first-order valence-electron chi connectivity index (χ1n) is 9.05. The number of allylic oxidation sites excluding steroid dienone is 4. The van der Waals surface area contributed by atoms with Gasteiger partial charge in [0.1, 0.15) is 5.82 Å². The van der Waals surface area contributed by atoms with E-state index in [4.69, 9.17) is 9.47 Å². The summed E-state index contributed by atoms with van der Waals surface area (Å²) in [5.74, 6) is 0.951. The van der Waals surface area contributed by atoms with Crippen molar-refractivity contribution in [3.63, 3.8) is 0 Å². The lowest BCUT2D eigenvalue weighted by atomic mass is 10.0. The van der Waals surface area contributed by atoms with Gasteiger partial charge in [0.25, 0.3) is 0 Å². The number of morpholine rings is 2. The minimum Gasteiger partial charge on any atom is -0.378 e. The van der Waals surface area contributed by atoms with Crippen LogP contribution in [-0.4, -0.2) is 68.8 Å². The van der Waals surface area contributed by atoms with Gasteiger partial charge in [-0.05, 0) is 0 Å². The molecule has 0 radical (unpaired) electrons. The van der Waals surface area contributed by atoms with E-state index in [0.717, 1.165) is 6.08 Å². The molecule has 0 atom stereocenters. The Balaban J connectivity index is 2.11. The highest BCUT2D eigenvalue weighted by atomic mass is 19.4. The topological polar surface area (TPSA) is 50.7 Å². The van der Waals surface area contributed by atoms with Gasteiger partial charge in [-0.25, -0.2) is 4.98 Å². The highest BCUT2D eigenvalue weighted by Gasteiger charge is 2.34. The summed E-state index contributed by atoms with van der Waals surface area (Å²) in [5, 5.41) is 0. The number of aromatic nitrogens is 2. The summed E-state index contributed by atoms with van der Waals surface area (Å²) in [6.45, 7) is 11.4. The predicted molar refractivity (Wildman–Crippen MR) is 101 cm³/mol. The molecule has 2 saturated heterocycles. The first-order valence-corrected chi connectivity index (χ1v) is 9.05. The Hall–Kier alpha value is -2.39. The van der Waals surface area contributed by atoms with Crippen LogP contribution >= 0.6 is 0 Å². The van der Waals surface area contributed by atoms with E-state index in [1.54, 1.807) is 6.07 Å². The molecule has 0 N–H and O–H groups in total. The summed E-state index contributed by atoms with van der Waals surface area (Å²) in [5.41, 5.74) is -0.823. The third-order valence-corrected chi connectivity index (χ3v) is 4.61. The van der Waals surface area contributed by atoms with Crippen LogP contribution < -0.4 is 9.80 Å². The lowest BCUT2D eigenvalue weighted by molar-refractivity contribution is -0.0875. The molecular formula is C19H23F3N4O2. The Bertz CT molecular complexity index is 716. The fraction of sp³-hybridized carbons (Fsp3) is 0.474. The van der Waals surface area contributed by atoms with Gasteiger partial charge in [-0.15, -0.1) is 0 Å². The molecule has 6 nitrogen and oxygen atoms in total. The molecule has 9 heteroatoms. The number of ether oxygens (including phenoxy) is 2. The number of nitrogens with zero attached hydrogens (tertiary/aromatic N) is 4. The van der Waals surface area contributed by atoms with Crippen molar-refractivity contribution in [2.24, 2.45) is 0 Å².